The summed E-state index contributed by atoms with van der Waals surface area (Å²) in [5, 5.41) is 0. The number of hydrogen-bond acceptors (Lipinski definition) is 0. The molecule has 0 nitrogen and oxygen atoms in total. The summed E-state index contributed by atoms with van der Waals surface area (Å²) in [5.41, 5.74) is 0.110. The average Bonchev–Trinajstić information content (AvgIpc) is 2.05. The minimum atomic E-state index is -1.15. The van der Waals surface area contributed by atoms with E-state index in [0.717, 1.165) is 6.07 Å². The minimum Gasteiger partial charge on any atom is -0.207 e. The molecule has 0 atom stereocenters. The van der Waals surface area contributed by atoms with Crippen molar-refractivity contribution in [1.82, 2.24) is 0 Å². The van der Waals surface area contributed by atoms with Crippen LogP contribution in [-0.4, -0.2) is 0 Å². The summed E-state index contributed by atoms with van der Waals surface area (Å²) < 4.78 is 36.7. The van der Waals surface area contributed by atoms with Crippen molar-refractivity contribution in [3.8, 4) is 0 Å². The molecule has 1 aromatic carbocycles. The Balaban J connectivity index is 0.000000561. The van der Waals surface area contributed by atoms with Gasteiger partial charge in [0.2, 0.25) is 0 Å². The molecule has 1 aromatic rings. The molecule has 0 aliphatic heterocycles. The standard InChI is InChI=1S/C7H5F3.C2H6/c1-4-2-6(9)7(10)3-5(4)8;1-2/h2-3H,1H3;1-2H3. The fourth-order valence-corrected chi connectivity index (χ4v) is 0.622. The summed E-state index contributed by atoms with van der Waals surface area (Å²) in [6.07, 6.45) is 0. The van der Waals surface area contributed by atoms with Gasteiger partial charge in [-0.2, -0.15) is 0 Å². The second-order valence-electron chi connectivity index (χ2n) is 2.02. The lowest BCUT2D eigenvalue weighted by Gasteiger charge is -1.95. The van der Waals surface area contributed by atoms with Gasteiger partial charge < -0.3 is 0 Å². The number of rotatable bonds is 0. The van der Waals surface area contributed by atoms with Crippen molar-refractivity contribution < 1.29 is 13.2 Å². The summed E-state index contributed by atoms with van der Waals surface area (Å²) >= 11 is 0. The van der Waals surface area contributed by atoms with Crippen LogP contribution in [0.5, 0.6) is 0 Å². The van der Waals surface area contributed by atoms with E-state index in [1.54, 1.807) is 0 Å². The maximum atomic E-state index is 12.4. The van der Waals surface area contributed by atoms with Crippen LogP contribution in [0.4, 0.5) is 13.2 Å². The number of aryl methyl sites for hydroxylation is 1. The Hall–Kier alpha value is -0.990. The van der Waals surface area contributed by atoms with Gasteiger partial charge in [-0.15, -0.1) is 0 Å². The second kappa shape index (κ2) is 4.80. The van der Waals surface area contributed by atoms with E-state index in [4.69, 9.17) is 0 Å². The van der Waals surface area contributed by atoms with Gasteiger partial charge in [0.05, 0.1) is 0 Å². The van der Waals surface area contributed by atoms with Gasteiger partial charge in [-0.05, 0) is 18.6 Å². The molecule has 1 rings (SSSR count). The van der Waals surface area contributed by atoms with E-state index in [9.17, 15) is 13.2 Å². The molecule has 0 unspecified atom stereocenters. The van der Waals surface area contributed by atoms with Gasteiger partial charge in [0.15, 0.2) is 11.6 Å². The number of halogens is 3. The van der Waals surface area contributed by atoms with Gasteiger partial charge in [0.25, 0.3) is 0 Å². The van der Waals surface area contributed by atoms with E-state index in [0.29, 0.717) is 6.07 Å². The molecule has 3 heteroatoms. The molecule has 68 valence electrons. The molecule has 0 fully saturated rings. The van der Waals surface area contributed by atoms with Crippen molar-refractivity contribution in [2.75, 3.05) is 0 Å². The maximum absolute atomic E-state index is 12.4. The van der Waals surface area contributed by atoms with E-state index in [1.807, 2.05) is 13.8 Å². The lowest BCUT2D eigenvalue weighted by molar-refractivity contribution is 0.492. The molecule has 0 aromatic heterocycles. The monoisotopic (exact) mass is 176 g/mol. The molecule has 0 saturated heterocycles. The summed E-state index contributed by atoms with van der Waals surface area (Å²) in [6, 6.07) is 1.36. The summed E-state index contributed by atoms with van der Waals surface area (Å²) in [4.78, 5) is 0. The summed E-state index contributed by atoms with van der Waals surface area (Å²) in [5.74, 6) is -2.89. The highest BCUT2D eigenvalue weighted by Gasteiger charge is 2.04. The zero-order valence-electron chi connectivity index (χ0n) is 7.29. The first-order valence-electron chi connectivity index (χ1n) is 3.72. The van der Waals surface area contributed by atoms with Crippen LogP contribution in [-0.2, 0) is 0 Å². The topological polar surface area (TPSA) is 0 Å². The van der Waals surface area contributed by atoms with Crippen LogP contribution in [0.15, 0.2) is 12.1 Å². The van der Waals surface area contributed by atoms with E-state index in [-0.39, 0.29) is 5.56 Å². The van der Waals surface area contributed by atoms with E-state index in [1.165, 1.54) is 6.92 Å². The highest BCUT2D eigenvalue weighted by Crippen LogP contribution is 2.11. The summed E-state index contributed by atoms with van der Waals surface area (Å²) in [7, 11) is 0. The second-order valence-corrected chi connectivity index (χ2v) is 2.02. The molecule has 0 amide bonds. The molecule has 0 aliphatic rings. The van der Waals surface area contributed by atoms with Gasteiger partial charge in [-0.25, -0.2) is 13.2 Å². The Morgan fingerprint density at radius 3 is 1.67 bits per heavy atom. The van der Waals surface area contributed by atoms with Crippen molar-refractivity contribution in [3.63, 3.8) is 0 Å². The molecule has 12 heavy (non-hydrogen) atoms. The quantitative estimate of drug-likeness (QED) is 0.531. The Labute approximate surface area is 70.0 Å². The fraction of sp³-hybridized carbons (Fsp3) is 0.333. The Morgan fingerprint density at radius 2 is 1.25 bits per heavy atom. The largest absolute Gasteiger partial charge is 0.207 e. The van der Waals surface area contributed by atoms with Crippen molar-refractivity contribution in [2.45, 2.75) is 20.8 Å². The molecule has 0 radical (unpaired) electrons. The van der Waals surface area contributed by atoms with Crippen LogP contribution in [0.1, 0.15) is 19.4 Å². The van der Waals surface area contributed by atoms with Gasteiger partial charge in [0.1, 0.15) is 5.82 Å². The predicted molar refractivity (Wildman–Crippen MR) is 42.4 cm³/mol. The lowest BCUT2D eigenvalue weighted by Crippen LogP contribution is -1.89. The minimum absolute atomic E-state index is 0.110. The third kappa shape index (κ3) is 2.57. The van der Waals surface area contributed by atoms with Gasteiger partial charge in [0, 0.05) is 6.07 Å². The van der Waals surface area contributed by atoms with Crippen molar-refractivity contribution in [2.24, 2.45) is 0 Å². The normalized spacial score (nSPS) is 8.83. The highest BCUT2D eigenvalue weighted by molar-refractivity contribution is 5.17. The Kier molecular flexibility index (Phi) is 4.40. The maximum Gasteiger partial charge on any atom is 0.161 e. The van der Waals surface area contributed by atoms with Crippen LogP contribution in [0, 0.1) is 24.4 Å². The predicted octanol–water partition coefficient (Wildman–Crippen LogP) is 3.44. The molecule has 0 spiro atoms. The molecule has 0 bridgehead atoms. The van der Waals surface area contributed by atoms with Crippen LogP contribution in [0.3, 0.4) is 0 Å². The first kappa shape index (κ1) is 11.0. The van der Waals surface area contributed by atoms with Gasteiger partial charge >= 0.3 is 0 Å². The van der Waals surface area contributed by atoms with Crippen LogP contribution in [0.25, 0.3) is 0 Å². The molecular weight excluding hydrogens is 165 g/mol. The molecular formula is C9H11F3. The Bertz CT molecular complexity index is 206. The first-order valence-corrected chi connectivity index (χ1v) is 3.72. The molecule has 0 N–H and O–H groups in total. The van der Waals surface area contributed by atoms with E-state index < -0.39 is 17.5 Å². The molecule has 0 heterocycles. The first-order chi connectivity index (χ1) is 5.61. The van der Waals surface area contributed by atoms with E-state index in [2.05, 4.69) is 0 Å². The van der Waals surface area contributed by atoms with Crippen molar-refractivity contribution in [1.29, 1.82) is 0 Å². The van der Waals surface area contributed by atoms with Crippen LogP contribution < -0.4 is 0 Å². The fourth-order valence-electron chi connectivity index (χ4n) is 0.622. The van der Waals surface area contributed by atoms with Crippen LogP contribution in [0.2, 0.25) is 0 Å². The average molecular weight is 176 g/mol. The zero-order valence-corrected chi connectivity index (χ0v) is 7.29. The molecule has 0 aliphatic carbocycles. The Morgan fingerprint density at radius 1 is 0.833 bits per heavy atom. The smallest absolute Gasteiger partial charge is 0.161 e. The third-order valence-corrected chi connectivity index (χ3v) is 1.20. The molecule has 0 saturated carbocycles. The van der Waals surface area contributed by atoms with Gasteiger partial charge in [-0.1, -0.05) is 13.8 Å². The van der Waals surface area contributed by atoms with Crippen LogP contribution >= 0.6 is 0 Å². The third-order valence-electron chi connectivity index (χ3n) is 1.20. The number of hydrogen-bond donors (Lipinski definition) is 0. The SMILES string of the molecule is CC.Cc1cc(F)c(F)cc1F. The zero-order chi connectivity index (χ0) is 9.72. The van der Waals surface area contributed by atoms with Gasteiger partial charge in [-0.3, -0.25) is 0 Å². The lowest BCUT2D eigenvalue weighted by atomic mass is 10.2. The van der Waals surface area contributed by atoms with Crippen molar-refractivity contribution >= 4 is 0 Å². The van der Waals surface area contributed by atoms with Crippen molar-refractivity contribution in [3.05, 3.63) is 35.1 Å². The summed E-state index contributed by atoms with van der Waals surface area (Å²) in [6.45, 7) is 5.37. The highest BCUT2D eigenvalue weighted by atomic mass is 19.2. The van der Waals surface area contributed by atoms with E-state index >= 15 is 0 Å². The number of benzene rings is 1.